The molecule has 1 aromatic carbocycles. The van der Waals surface area contributed by atoms with Crippen LogP contribution < -0.4 is 4.90 Å². The van der Waals surface area contributed by atoms with Gasteiger partial charge in [-0.15, -0.1) is 0 Å². The lowest BCUT2D eigenvalue weighted by molar-refractivity contribution is -0.141. The summed E-state index contributed by atoms with van der Waals surface area (Å²) in [6, 6.07) is 10.8. The Kier molecular flexibility index (Phi) is 4.94. The molecule has 0 bridgehead atoms. The SMILES string of the molecule is Cc1cc(C(F)(F)F)nc(N2CC[C@@H](c3ccccc3)[C@@H](CO)C2)n1. The number of aryl methyl sites for hydroxylation is 1. The molecule has 0 radical (unpaired) electrons. The van der Waals surface area contributed by atoms with Crippen molar-refractivity contribution in [3.05, 3.63) is 53.3 Å². The number of benzene rings is 1. The zero-order valence-corrected chi connectivity index (χ0v) is 13.9. The van der Waals surface area contributed by atoms with Gasteiger partial charge in [0.1, 0.15) is 5.69 Å². The summed E-state index contributed by atoms with van der Waals surface area (Å²) in [6.07, 6.45) is -3.77. The Hall–Kier alpha value is -2.15. The van der Waals surface area contributed by atoms with Crippen molar-refractivity contribution in [3.63, 3.8) is 0 Å². The van der Waals surface area contributed by atoms with Crippen LogP contribution in [-0.2, 0) is 6.18 Å². The van der Waals surface area contributed by atoms with Crippen LogP contribution in [0.15, 0.2) is 36.4 Å². The van der Waals surface area contributed by atoms with E-state index in [9.17, 15) is 18.3 Å². The molecule has 0 amide bonds. The Labute approximate surface area is 144 Å². The Morgan fingerprint density at radius 2 is 1.92 bits per heavy atom. The van der Waals surface area contributed by atoms with Crippen molar-refractivity contribution in [1.82, 2.24) is 9.97 Å². The molecular formula is C18H20F3N3O. The lowest BCUT2D eigenvalue weighted by Gasteiger charge is -2.38. The van der Waals surface area contributed by atoms with E-state index in [1.807, 2.05) is 30.3 Å². The molecule has 2 aromatic rings. The predicted molar refractivity (Wildman–Crippen MR) is 88.4 cm³/mol. The van der Waals surface area contributed by atoms with Crippen molar-refractivity contribution in [3.8, 4) is 0 Å². The summed E-state index contributed by atoms with van der Waals surface area (Å²) < 4.78 is 39.0. The van der Waals surface area contributed by atoms with Gasteiger partial charge in [-0.1, -0.05) is 30.3 Å². The average Bonchev–Trinajstić information content (AvgIpc) is 2.60. The van der Waals surface area contributed by atoms with Gasteiger partial charge in [0.2, 0.25) is 5.95 Å². The number of anilines is 1. The molecule has 2 atom stereocenters. The van der Waals surface area contributed by atoms with Gasteiger partial charge in [-0.25, -0.2) is 9.97 Å². The van der Waals surface area contributed by atoms with Crippen molar-refractivity contribution in [2.45, 2.75) is 25.4 Å². The lowest BCUT2D eigenvalue weighted by Crippen LogP contribution is -2.42. The molecule has 1 saturated heterocycles. The molecule has 7 heteroatoms. The number of rotatable bonds is 3. The van der Waals surface area contributed by atoms with Crippen LogP contribution in [0.2, 0.25) is 0 Å². The van der Waals surface area contributed by atoms with E-state index in [2.05, 4.69) is 9.97 Å². The molecule has 1 fully saturated rings. The molecule has 1 aliphatic heterocycles. The van der Waals surface area contributed by atoms with Crippen LogP contribution in [0.5, 0.6) is 0 Å². The van der Waals surface area contributed by atoms with E-state index in [4.69, 9.17) is 0 Å². The van der Waals surface area contributed by atoms with Gasteiger partial charge in [-0.2, -0.15) is 13.2 Å². The first kappa shape index (κ1) is 17.7. The zero-order valence-electron chi connectivity index (χ0n) is 13.9. The fourth-order valence-corrected chi connectivity index (χ4v) is 3.38. The van der Waals surface area contributed by atoms with E-state index >= 15 is 0 Å². The minimum Gasteiger partial charge on any atom is -0.396 e. The van der Waals surface area contributed by atoms with Crippen molar-refractivity contribution < 1.29 is 18.3 Å². The normalized spacial score (nSPS) is 21.4. The molecule has 25 heavy (non-hydrogen) atoms. The highest BCUT2D eigenvalue weighted by molar-refractivity contribution is 5.35. The Balaban J connectivity index is 1.83. The van der Waals surface area contributed by atoms with E-state index < -0.39 is 11.9 Å². The highest BCUT2D eigenvalue weighted by Crippen LogP contribution is 2.35. The van der Waals surface area contributed by atoms with E-state index in [0.29, 0.717) is 13.1 Å². The molecule has 0 aliphatic carbocycles. The van der Waals surface area contributed by atoms with Crippen molar-refractivity contribution in [1.29, 1.82) is 0 Å². The topological polar surface area (TPSA) is 49.2 Å². The van der Waals surface area contributed by atoms with Crippen LogP contribution in [0.3, 0.4) is 0 Å². The first-order valence-electron chi connectivity index (χ1n) is 8.22. The number of hydrogen-bond donors (Lipinski definition) is 1. The quantitative estimate of drug-likeness (QED) is 0.921. The average molecular weight is 351 g/mol. The lowest BCUT2D eigenvalue weighted by atomic mass is 9.81. The van der Waals surface area contributed by atoms with Crippen LogP contribution in [0.1, 0.15) is 29.3 Å². The number of aromatic nitrogens is 2. The van der Waals surface area contributed by atoms with E-state index in [1.165, 1.54) is 6.92 Å². The third-order valence-corrected chi connectivity index (χ3v) is 4.61. The van der Waals surface area contributed by atoms with Crippen LogP contribution in [0.25, 0.3) is 0 Å². The summed E-state index contributed by atoms with van der Waals surface area (Å²) in [5.74, 6) is 0.182. The summed E-state index contributed by atoms with van der Waals surface area (Å²) >= 11 is 0. The maximum absolute atomic E-state index is 13.0. The standard InChI is InChI=1S/C18H20F3N3O/c1-12-9-16(18(19,20)21)23-17(22-12)24-8-7-15(14(10-24)11-25)13-5-3-2-4-6-13/h2-6,9,14-15,25H,7-8,10-11H2,1H3/t14-,15+/m1/s1. The first-order valence-corrected chi connectivity index (χ1v) is 8.22. The molecule has 0 saturated carbocycles. The zero-order chi connectivity index (χ0) is 18.0. The minimum atomic E-state index is -4.50. The second kappa shape index (κ2) is 7.00. The Morgan fingerprint density at radius 3 is 2.56 bits per heavy atom. The second-order valence-corrected chi connectivity index (χ2v) is 6.39. The van der Waals surface area contributed by atoms with Gasteiger partial charge in [0, 0.05) is 31.3 Å². The molecule has 1 N–H and O–H groups in total. The third-order valence-electron chi connectivity index (χ3n) is 4.61. The van der Waals surface area contributed by atoms with Gasteiger partial charge in [-0.3, -0.25) is 0 Å². The number of piperidine rings is 1. The summed E-state index contributed by atoms with van der Waals surface area (Å²) in [5.41, 5.74) is 0.492. The molecule has 1 aliphatic rings. The molecule has 4 nitrogen and oxygen atoms in total. The van der Waals surface area contributed by atoms with Gasteiger partial charge in [0.15, 0.2) is 0 Å². The summed E-state index contributed by atoms with van der Waals surface area (Å²) in [4.78, 5) is 9.61. The largest absolute Gasteiger partial charge is 0.433 e. The van der Waals surface area contributed by atoms with Crippen molar-refractivity contribution >= 4 is 5.95 Å². The third kappa shape index (κ3) is 3.92. The highest BCUT2D eigenvalue weighted by atomic mass is 19.4. The Bertz CT molecular complexity index is 721. The molecule has 0 unspecified atom stereocenters. The monoisotopic (exact) mass is 351 g/mol. The molecule has 0 spiro atoms. The number of halogens is 3. The van der Waals surface area contributed by atoms with Crippen molar-refractivity contribution in [2.75, 3.05) is 24.6 Å². The van der Waals surface area contributed by atoms with Crippen LogP contribution in [0, 0.1) is 12.8 Å². The second-order valence-electron chi connectivity index (χ2n) is 6.39. The maximum Gasteiger partial charge on any atom is 0.433 e. The van der Waals surface area contributed by atoms with Gasteiger partial charge in [0.05, 0.1) is 0 Å². The van der Waals surface area contributed by atoms with Crippen LogP contribution in [0.4, 0.5) is 19.1 Å². The number of alkyl halides is 3. The number of hydrogen-bond acceptors (Lipinski definition) is 4. The van der Waals surface area contributed by atoms with E-state index in [0.717, 1.165) is 18.1 Å². The summed E-state index contributed by atoms with van der Waals surface area (Å²) in [5, 5.41) is 9.78. The predicted octanol–water partition coefficient (Wildman–Crippen LogP) is 3.41. The number of aliphatic hydroxyl groups is 1. The Morgan fingerprint density at radius 1 is 1.20 bits per heavy atom. The van der Waals surface area contributed by atoms with Gasteiger partial charge in [0.25, 0.3) is 0 Å². The van der Waals surface area contributed by atoms with Crippen LogP contribution >= 0.6 is 0 Å². The maximum atomic E-state index is 13.0. The van der Waals surface area contributed by atoms with Crippen molar-refractivity contribution in [2.24, 2.45) is 5.92 Å². The minimum absolute atomic E-state index is 0.0337. The van der Waals surface area contributed by atoms with Crippen LogP contribution in [-0.4, -0.2) is 34.8 Å². The molecule has 2 heterocycles. The first-order chi connectivity index (χ1) is 11.9. The molecule has 1 aromatic heterocycles. The summed E-state index contributed by atoms with van der Waals surface area (Å²) in [7, 11) is 0. The number of nitrogens with zero attached hydrogens (tertiary/aromatic N) is 3. The fraction of sp³-hybridized carbons (Fsp3) is 0.444. The summed E-state index contributed by atoms with van der Waals surface area (Å²) in [6.45, 7) is 2.47. The van der Waals surface area contributed by atoms with Gasteiger partial charge in [-0.05, 0) is 30.9 Å². The van der Waals surface area contributed by atoms with E-state index in [1.54, 1.807) is 4.90 Å². The molecular weight excluding hydrogens is 331 g/mol. The van der Waals surface area contributed by atoms with E-state index in [-0.39, 0.29) is 30.1 Å². The smallest absolute Gasteiger partial charge is 0.396 e. The fourth-order valence-electron chi connectivity index (χ4n) is 3.38. The number of aliphatic hydroxyl groups excluding tert-OH is 1. The van der Waals surface area contributed by atoms with Gasteiger partial charge < -0.3 is 10.0 Å². The molecule has 3 rings (SSSR count). The highest BCUT2D eigenvalue weighted by Gasteiger charge is 2.35. The molecule has 134 valence electrons. The van der Waals surface area contributed by atoms with Gasteiger partial charge >= 0.3 is 6.18 Å².